The van der Waals surface area contributed by atoms with Gasteiger partial charge >= 0.3 is 0 Å². The molecule has 1 saturated heterocycles. The summed E-state index contributed by atoms with van der Waals surface area (Å²) < 4.78 is 1.14. The number of benzene rings is 1. The summed E-state index contributed by atoms with van der Waals surface area (Å²) in [4.78, 5) is 17.8. The Bertz CT molecular complexity index is 647. The van der Waals surface area contributed by atoms with Gasteiger partial charge in [-0.25, -0.2) is 9.99 Å². The number of thiazole rings is 1. The zero-order valence-electron chi connectivity index (χ0n) is 9.24. The number of fused-ring (bicyclic) bond motifs is 2. The van der Waals surface area contributed by atoms with Gasteiger partial charge in [0.15, 0.2) is 5.17 Å². The van der Waals surface area contributed by atoms with Gasteiger partial charge in [0.25, 0.3) is 0 Å². The van der Waals surface area contributed by atoms with Gasteiger partial charge in [0.1, 0.15) is 6.67 Å². The molecular weight excluding hydrogens is 268 g/mol. The number of carbonyl (C=O) groups excluding carboxylic acids is 1. The molecule has 90 valence electrons. The molecule has 7 heteroatoms. The van der Waals surface area contributed by atoms with Crippen molar-refractivity contribution < 1.29 is 4.79 Å². The lowest BCUT2D eigenvalue weighted by Crippen LogP contribution is -2.31. The number of aromatic nitrogens is 1. The molecule has 0 saturated carbocycles. The topological polar surface area (TPSA) is 48.8 Å². The highest BCUT2D eigenvalue weighted by atomic mass is 32.2. The minimum absolute atomic E-state index is 0.127. The van der Waals surface area contributed by atoms with E-state index < -0.39 is 0 Å². The second kappa shape index (κ2) is 3.69. The van der Waals surface area contributed by atoms with E-state index in [0.29, 0.717) is 12.4 Å². The zero-order chi connectivity index (χ0) is 12.1. The Morgan fingerprint density at radius 2 is 2.17 bits per heavy atom. The lowest BCUT2D eigenvalue weighted by atomic mass is 10.3. The van der Waals surface area contributed by atoms with Crippen molar-refractivity contribution in [2.45, 2.75) is 0 Å². The molecule has 2 aliphatic heterocycles. The number of hydrogen-bond acceptors (Lipinski definition) is 6. The van der Waals surface area contributed by atoms with E-state index in [2.05, 4.69) is 10.1 Å². The van der Waals surface area contributed by atoms with Crippen LogP contribution >= 0.6 is 23.1 Å². The molecule has 1 aromatic heterocycles. The first-order valence-corrected chi connectivity index (χ1v) is 7.26. The van der Waals surface area contributed by atoms with Gasteiger partial charge in [-0.05, 0) is 12.1 Å². The van der Waals surface area contributed by atoms with Crippen LogP contribution in [-0.4, -0.2) is 33.4 Å². The number of hydrogen-bond donors (Lipinski definition) is 0. The number of carbonyl (C=O) groups is 1. The summed E-state index contributed by atoms with van der Waals surface area (Å²) in [5.41, 5.74) is 0.976. The normalized spacial score (nSPS) is 18.7. The molecule has 4 rings (SSSR count). The molecule has 0 radical (unpaired) electrons. The number of nitrogens with zero attached hydrogens (tertiary/aromatic N) is 4. The van der Waals surface area contributed by atoms with Crippen LogP contribution in [0.1, 0.15) is 0 Å². The lowest BCUT2D eigenvalue weighted by molar-refractivity contribution is -0.123. The second-order valence-corrected chi connectivity index (χ2v) is 5.95. The molecule has 18 heavy (non-hydrogen) atoms. The van der Waals surface area contributed by atoms with Crippen molar-refractivity contribution in [3.05, 3.63) is 24.3 Å². The minimum Gasteiger partial charge on any atom is -0.273 e. The highest BCUT2D eigenvalue weighted by molar-refractivity contribution is 8.15. The van der Waals surface area contributed by atoms with Crippen molar-refractivity contribution >= 4 is 49.5 Å². The number of rotatable bonds is 1. The van der Waals surface area contributed by atoms with Crippen molar-refractivity contribution in [3.63, 3.8) is 0 Å². The zero-order valence-corrected chi connectivity index (χ0v) is 10.9. The summed E-state index contributed by atoms with van der Waals surface area (Å²) in [6, 6.07) is 8.00. The van der Waals surface area contributed by atoms with E-state index in [1.807, 2.05) is 24.3 Å². The quantitative estimate of drug-likeness (QED) is 0.798. The van der Waals surface area contributed by atoms with Crippen LogP contribution < -0.4 is 5.01 Å². The van der Waals surface area contributed by atoms with E-state index >= 15 is 0 Å². The van der Waals surface area contributed by atoms with Crippen molar-refractivity contribution in [1.29, 1.82) is 0 Å². The maximum Gasteiger partial charge on any atom is 0.240 e. The third-order valence-electron chi connectivity index (χ3n) is 2.84. The highest BCUT2D eigenvalue weighted by Gasteiger charge is 2.36. The van der Waals surface area contributed by atoms with E-state index in [-0.39, 0.29) is 5.91 Å². The second-order valence-electron chi connectivity index (χ2n) is 4.00. The predicted molar refractivity (Wildman–Crippen MR) is 73.7 cm³/mol. The lowest BCUT2D eigenvalue weighted by Gasteiger charge is -2.12. The number of para-hydroxylation sites is 1. The molecule has 5 nitrogen and oxygen atoms in total. The average Bonchev–Trinajstić information content (AvgIpc) is 3.04. The van der Waals surface area contributed by atoms with Gasteiger partial charge < -0.3 is 0 Å². The first kappa shape index (κ1) is 10.3. The fraction of sp³-hybridized carbons (Fsp3) is 0.182. The molecule has 1 fully saturated rings. The number of amides is 1. The van der Waals surface area contributed by atoms with Crippen LogP contribution in [0.5, 0.6) is 0 Å². The minimum atomic E-state index is 0.127. The Kier molecular flexibility index (Phi) is 2.12. The Balaban J connectivity index is 1.72. The predicted octanol–water partition coefficient (Wildman–Crippen LogP) is 1.92. The monoisotopic (exact) mass is 276 g/mol. The van der Waals surface area contributed by atoms with Gasteiger partial charge in [-0.1, -0.05) is 35.2 Å². The van der Waals surface area contributed by atoms with Crippen molar-refractivity contribution in [3.8, 4) is 0 Å². The fourth-order valence-electron chi connectivity index (χ4n) is 1.95. The molecule has 0 N–H and O–H groups in total. The van der Waals surface area contributed by atoms with E-state index in [4.69, 9.17) is 0 Å². The molecule has 1 aromatic carbocycles. The van der Waals surface area contributed by atoms with Gasteiger partial charge in [-0.2, -0.15) is 0 Å². The molecule has 0 atom stereocenters. The van der Waals surface area contributed by atoms with Crippen molar-refractivity contribution in [2.75, 3.05) is 17.4 Å². The molecule has 1 amide bonds. The van der Waals surface area contributed by atoms with Crippen LogP contribution in [0.25, 0.3) is 10.2 Å². The van der Waals surface area contributed by atoms with Gasteiger partial charge in [-0.3, -0.25) is 9.69 Å². The first-order valence-electron chi connectivity index (χ1n) is 5.46. The standard InChI is InChI=1S/C11H8N4OS2/c16-9-5-17-11-13-15(6-14(9)11)10-12-7-3-1-2-4-8(7)18-10/h1-4H,5-6H2. The smallest absolute Gasteiger partial charge is 0.240 e. The number of anilines is 1. The molecule has 0 spiro atoms. The van der Waals surface area contributed by atoms with Crippen LogP contribution in [-0.2, 0) is 4.79 Å². The number of hydrazone groups is 1. The summed E-state index contributed by atoms with van der Waals surface area (Å²) in [6.45, 7) is 0.487. The van der Waals surface area contributed by atoms with E-state index in [9.17, 15) is 4.79 Å². The summed E-state index contributed by atoms with van der Waals surface area (Å²) in [5.74, 6) is 0.634. The summed E-state index contributed by atoms with van der Waals surface area (Å²) >= 11 is 3.08. The number of thioether (sulfide) groups is 1. The molecule has 2 aromatic rings. The molecular formula is C11H8N4OS2. The maximum atomic E-state index is 11.6. The SMILES string of the molecule is O=C1CSC2=NN(c3nc4ccccc4s3)CN12. The molecule has 2 aliphatic rings. The fourth-order valence-corrected chi connectivity index (χ4v) is 3.74. The first-order chi connectivity index (χ1) is 8.81. The van der Waals surface area contributed by atoms with Crippen LogP contribution in [0.3, 0.4) is 0 Å². The van der Waals surface area contributed by atoms with Crippen LogP contribution in [0.15, 0.2) is 29.4 Å². The third kappa shape index (κ3) is 1.44. The Morgan fingerprint density at radius 3 is 3.00 bits per heavy atom. The van der Waals surface area contributed by atoms with E-state index in [0.717, 1.165) is 20.5 Å². The summed E-state index contributed by atoms with van der Waals surface area (Å²) in [7, 11) is 0. The van der Waals surface area contributed by atoms with Gasteiger partial charge in [0.2, 0.25) is 11.0 Å². The molecule has 0 aliphatic carbocycles. The average molecular weight is 276 g/mol. The third-order valence-corrected chi connectivity index (χ3v) is 4.84. The van der Waals surface area contributed by atoms with Gasteiger partial charge in [0, 0.05) is 0 Å². The summed E-state index contributed by atoms with van der Waals surface area (Å²) in [5, 5.41) is 7.86. The van der Waals surface area contributed by atoms with Gasteiger partial charge in [0.05, 0.1) is 16.0 Å². The van der Waals surface area contributed by atoms with E-state index in [1.54, 1.807) is 21.2 Å². The van der Waals surface area contributed by atoms with Crippen LogP contribution in [0.2, 0.25) is 0 Å². The Hall–Kier alpha value is -1.60. The molecule has 0 bridgehead atoms. The van der Waals surface area contributed by atoms with Gasteiger partial charge in [-0.15, -0.1) is 5.10 Å². The van der Waals surface area contributed by atoms with Crippen molar-refractivity contribution in [2.24, 2.45) is 5.10 Å². The molecule has 3 heterocycles. The van der Waals surface area contributed by atoms with Crippen molar-refractivity contribution in [1.82, 2.24) is 9.88 Å². The van der Waals surface area contributed by atoms with E-state index in [1.165, 1.54) is 11.8 Å². The maximum absolute atomic E-state index is 11.6. The van der Waals surface area contributed by atoms with Crippen LogP contribution in [0, 0.1) is 0 Å². The Labute approximate surface area is 111 Å². The summed E-state index contributed by atoms with van der Waals surface area (Å²) in [6.07, 6.45) is 0. The number of amidine groups is 1. The largest absolute Gasteiger partial charge is 0.273 e. The molecule has 0 unspecified atom stereocenters. The Morgan fingerprint density at radius 1 is 1.28 bits per heavy atom. The van der Waals surface area contributed by atoms with Crippen LogP contribution in [0.4, 0.5) is 5.13 Å². The highest BCUT2D eigenvalue weighted by Crippen LogP contribution is 2.33.